The molecule has 0 heterocycles. The van der Waals surface area contributed by atoms with Crippen LogP contribution in [-0.2, 0) is 14.3 Å². The molecule has 0 saturated carbocycles. The van der Waals surface area contributed by atoms with Gasteiger partial charge in [0.05, 0.1) is 11.6 Å². The van der Waals surface area contributed by atoms with Crippen molar-refractivity contribution < 1.29 is 14.3 Å². The third kappa shape index (κ3) is 7.14. The van der Waals surface area contributed by atoms with E-state index in [9.17, 15) is 9.59 Å². The molecule has 2 unspecified atom stereocenters. The summed E-state index contributed by atoms with van der Waals surface area (Å²) in [4.78, 5) is 23.3. The number of hydrogen-bond acceptors (Lipinski definition) is 4. The third-order valence-corrected chi connectivity index (χ3v) is 3.45. The molecule has 0 aromatic carbocycles. The lowest BCUT2D eigenvalue weighted by Crippen LogP contribution is -2.54. The fourth-order valence-corrected chi connectivity index (χ4v) is 1.88. The molecule has 2 N–H and O–H groups in total. The van der Waals surface area contributed by atoms with Gasteiger partial charge in [-0.3, -0.25) is 9.59 Å². The van der Waals surface area contributed by atoms with Gasteiger partial charge in [0.25, 0.3) is 0 Å². The second kappa shape index (κ2) is 9.23. The van der Waals surface area contributed by atoms with Crippen LogP contribution >= 0.6 is 12.6 Å². The molecule has 0 fully saturated rings. The van der Waals surface area contributed by atoms with Crippen molar-refractivity contribution in [1.29, 1.82) is 0 Å². The van der Waals surface area contributed by atoms with E-state index < -0.39 is 11.6 Å². The quantitative estimate of drug-likeness (QED) is 0.566. The smallest absolute Gasteiger partial charge is 0.242 e. The minimum Gasteiger partial charge on any atom is -0.373 e. The van der Waals surface area contributed by atoms with Gasteiger partial charge >= 0.3 is 0 Å². The Bertz CT molecular complexity index is 322. The van der Waals surface area contributed by atoms with Crippen molar-refractivity contribution in [3.8, 4) is 0 Å². The average Bonchev–Trinajstić information content (AvgIpc) is 2.35. The van der Waals surface area contributed by atoms with Crippen LogP contribution in [0.3, 0.4) is 0 Å². The van der Waals surface area contributed by atoms with E-state index in [1.165, 1.54) is 6.92 Å². The number of hydrogen-bond donors (Lipinski definition) is 3. The Balaban J connectivity index is 4.56. The maximum absolute atomic E-state index is 12.2. The second-order valence-corrected chi connectivity index (χ2v) is 5.89. The van der Waals surface area contributed by atoms with Crippen molar-refractivity contribution in [1.82, 2.24) is 10.6 Å². The van der Waals surface area contributed by atoms with E-state index in [4.69, 9.17) is 4.74 Å². The predicted molar refractivity (Wildman–Crippen MR) is 84.0 cm³/mol. The van der Waals surface area contributed by atoms with Gasteiger partial charge in [-0.2, -0.15) is 12.6 Å². The van der Waals surface area contributed by atoms with Crippen molar-refractivity contribution in [2.75, 3.05) is 12.4 Å². The van der Waals surface area contributed by atoms with Crippen molar-refractivity contribution in [2.45, 2.75) is 65.1 Å². The maximum Gasteiger partial charge on any atom is 0.242 e. The van der Waals surface area contributed by atoms with Crippen LogP contribution < -0.4 is 10.6 Å². The fraction of sp³-hybridized carbons (Fsp3) is 0.857. The SMILES string of the molecule is CCCOC(C)(C)C(C)NC(=O)C(CCS)NC(C)=O. The van der Waals surface area contributed by atoms with Gasteiger partial charge in [-0.05, 0) is 39.4 Å². The number of nitrogens with one attached hydrogen (secondary N) is 2. The first-order valence-corrected chi connectivity index (χ1v) is 7.70. The zero-order valence-corrected chi connectivity index (χ0v) is 14.0. The monoisotopic (exact) mass is 304 g/mol. The largest absolute Gasteiger partial charge is 0.373 e. The zero-order chi connectivity index (χ0) is 15.8. The number of amides is 2. The van der Waals surface area contributed by atoms with E-state index in [2.05, 4.69) is 23.3 Å². The Morgan fingerprint density at radius 3 is 2.35 bits per heavy atom. The summed E-state index contributed by atoms with van der Waals surface area (Å²) in [7, 11) is 0. The van der Waals surface area contributed by atoms with Crippen LogP contribution in [-0.4, -0.2) is 41.9 Å². The summed E-state index contributed by atoms with van der Waals surface area (Å²) in [5, 5.41) is 5.55. The summed E-state index contributed by atoms with van der Waals surface area (Å²) in [5.74, 6) is 0.110. The standard InChI is InChI=1S/C14H28N2O3S/c1-6-8-19-14(4,5)10(2)15-13(18)12(7-9-20)16-11(3)17/h10,12,20H,6-9H2,1-5H3,(H,15,18)(H,16,17). The Morgan fingerprint density at radius 2 is 1.90 bits per heavy atom. The molecule has 0 aliphatic carbocycles. The molecule has 118 valence electrons. The molecule has 5 nitrogen and oxygen atoms in total. The first-order valence-electron chi connectivity index (χ1n) is 7.06. The van der Waals surface area contributed by atoms with Crippen LogP contribution in [0.4, 0.5) is 0 Å². The average molecular weight is 304 g/mol. The minimum atomic E-state index is -0.547. The molecule has 0 spiro atoms. The van der Waals surface area contributed by atoms with Crippen LogP contribution in [0.15, 0.2) is 0 Å². The summed E-state index contributed by atoms with van der Waals surface area (Å²) in [5.41, 5.74) is -0.451. The number of carbonyl (C=O) groups is 2. The van der Waals surface area contributed by atoms with Gasteiger partial charge in [-0.1, -0.05) is 6.92 Å². The highest BCUT2D eigenvalue weighted by Crippen LogP contribution is 2.15. The molecule has 0 aliphatic heterocycles. The molecule has 2 atom stereocenters. The molecule has 0 saturated heterocycles. The molecule has 0 rings (SSSR count). The second-order valence-electron chi connectivity index (χ2n) is 5.45. The van der Waals surface area contributed by atoms with Gasteiger partial charge < -0.3 is 15.4 Å². The molecular formula is C14H28N2O3S. The lowest BCUT2D eigenvalue weighted by molar-refractivity contribution is -0.130. The highest BCUT2D eigenvalue weighted by Gasteiger charge is 2.30. The summed E-state index contributed by atoms with van der Waals surface area (Å²) < 4.78 is 5.74. The maximum atomic E-state index is 12.2. The van der Waals surface area contributed by atoms with Crippen LogP contribution in [0, 0.1) is 0 Å². The van der Waals surface area contributed by atoms with Crippen LogP contribution in [0.25, 0.3) is 0 Å². The van der Waals surface area contributed by atoms with E-state index in [0.717, 1.165) is 6.42 Å². The predicted octanol–water partition coefficient (Wildman–Crippen LogP) is 1.52. The molecule has 0 bridgehead atoms. The van der Waals surface area contributed by atoms with Gasteiger partial charge in [-0.25, -0.2) is 0 Å². The zero-order valence-electron chi connectivity index (χ0n) is 13.2. The van der Waals surface area contributed by atoms with Gasteiger partial charge in [-0.15, -0.1) is 0 Å². The third-order valence-electron chi connectivity index (χ3n) is 3.19. The van der Waals surface area contributed by atoms with Gasteiger partial charge in [0.1, 0.15) is 6.04 Å². The van der Waals surface area contributed by atoms with Crippen molar-refractivity contribution in [2.24, 2.45) is 0 Å². The van der Waals surface area contributed by atoms with E-state index in [1.54, 1.807) is 0 Å². The van der Waals surface area contributed by atoms with Crippen LogP contribution in [0.5, 0.6) is 0 Å². The molecule has 0 aromatic rings. The van der Waals surface area contributed by atoms with Gasteiger partial charge in [0.2, 0.25) is 11.8 Å². The fourth-order valence-electron chi connectivity index (χ4n) is 1.62. The van der Waals surface area contributed by atoms with Gasteiger partial charge in [0, 0.05) is 13.5 Å². The first kappa shape index (κ1) is 19.2. The van der Waals surface area contributed by atoms with E-state index in [-0.39, 0.29) is 17.9 Å². The van der Waals surface area contributed by atoms with Crippen LogP contribution in [0.1, 0.15) is 47.5 Å². The van der Waals surface area contributed by atoms with Gasteiger partial charge in [0.15, 0.2) is 0 Å². The number of ether oxygens (including phenoxy) is 1. The summed E-state index contributed by atoms with van der Waals surface area (Å²) in [6.45, 7) is 9.88. The van der Waals surface area contributed by atoms with Crippen molar-refractivity contribution in [3.05, 3.63) is 0 Å². The molecule has 6 heteroatoms. The first-order chi connectivity index (χ1) is 9.24. The molecular weight excluding hydrogens is 276 g/mol. The summed E-state index contributed by atoms with van der Waals surface area (Å²) in [6, 6.07) is -0.702. The number of rotatable bonds is 9. The lowest BCUT2D eigenvalue weighted by atomic mass is 9.99. The Labute approximate surface area is 127 Å². The summed E-state index contributed by atoms with van der Waals surface area (Å²) >= 11 is 4.11. The van der Waals surface area contributed by atoms with Crippen molar-refractivity contribution in [3.63, 3.8) is 0 Å². The van der Waals surface area contributed by atoms with Crippen molar-refractivity contribution >= 4 is 24.4 Å². The Kier molecular flexibility index (Phi) is 8.89. The highest BCUT2D eigenvalue weighted by molar-refractivity contribution is 7.80. The number of carbonyl (C=O) groups excluding carboxylic acids is 2. The minimum absolute atomic E-state index is 0.155. The van der Waals surface area contributed by atoms with E-state index >= 15 is 0 Å². The molecule has 20 heavy (non-hydrogen) atoms. The molecule has 0 aromatic heterocycles. The van der Waals surface area contributed by atoms with E-state index in [1.807, 2.05) is 27.7 Å². The van der Waals surface area contributed by atoms with E-state index in [0.29, 0.717) is 18.8 Å². The van der Waals surface area contributed by atoms with Crippen LogP contribution in [0.2, 0.25) is 0 Å². The molecule has 0 radical (unpaired) electrons. The lowest BCUT2D eigenvalue weighted by Gasteiger charge is -2.33. The Hall–Kier alpha value is -0.750. The number of thiol groups is 1. The normalized spacial score (nSPS) is 14.5. The Morgan fingerprint density at radius 1 is 1.30 bits per heavy atom. The molecule has 2 amide bonds. The summed E-state index contributed by atoms with van der Waals surface area (Å²) in [6.07, 6.45) is 1.43. The topological polar surface area (TPSA) is 67.4 Å². The molecule has 0 aliphatic rings. The highest BCUT2D eigenvalue weighted by atomic mass is 32.1.